The third kappa shape index (κ3) is 1.56. The van der Waals surface area contributed by atoms with E-state index >= 15 is 0 Å². The van der Waals surface area contributed by atoms with Gasteiger partial charge in [0.05, 0.1) is 0 Å². The van der Waals surface area contributed by atoms with Crippen LogP contribution in [0.25, 0.3) is 0 Å². The molecule has 0 bridgehead atoms. The van der Waals surface area contributed by atoms with Crippen LogP contribution in [0.15, 0.2) is 12.2 Å². The summed E-state index contributed by atoms with van der Waals surface area (Å²) < 4.78 is 0. The van der Waals surface area contributed by atoms with Gasteiger partial charge >= 0.3 is 0 Å². The van der Waals surface area contributed by atoms with Crippen LogP contribution in [-0.2, 0) is 0 Å². The molecule has 0 saturated carbocycles. The van der Waals surface area contributed by atoms with Crippen LogP contribution < -0.4 is 0 Å². The van der Waals surface area contributed by atoms with E-state index in [1.807, 2.05) is 0 Å². The predicted octanol–water partition coefficient (Wildman–Crippen LogP) is 2.83. The maximum absolute atomic E-state index is 4.16. The predicted molar refractivity (Wildman–Crippen MR) is 54.3 cm³/mol. The van der Waals surface area contributed by atoms with E-state index in [2.05, 4.69) is 39.2 Å². The molecule has 1 heteroatoms. The zero-order chi connectivity index (χ0) is 9.35. The van der Waals surface area contributed by atoms with Gasteiger partial charge in [-0.15, -0.1) is 0 Å². The lowest BCUT2D eigenvalue weighted by Gasteiger charge is -2.46. The highest BCUT2D eigenvalue weighted by Gasteiger charge is 2.33. The number of likely N-dealkylation sites (tertiary alicyclic amines) is 1. The van der Waals surface area contributed by atoms with Crippen LogP contribution in [0, 0.1) is 0 Å². The van der Waals surface area contributed by atoms with Crippen molar-refractivity contribution in [1.29, 1.82) is 0 Å². The summed E-state index contributed by atoms with van der Waals surface area (Å²) in [7, 11) is 0. The van der Waals surface area contributed by atoms with Crippen LogP contribution in [0.4, 0.5) is 0 Å². The summed E-state index contributed by atoms with van der Waals surface area (Å²) in [5.74, 6) is 0. The average Bonchev–Trinajstić information content (AvgIpc) is 1.94. The van der Waals surface area contributed by atoms with E-state index in [4.69, 9.17) is 0 Å². The van der Waals surface area contributed by atoms with E-state index in [0.29, 0.717) is 6.04 Å². The van der Waals surface area contributed by atoms with Crippen LogP contribution in [0.1, 0.15) is 40.5 Å². The van der Waals surface area contributed by atoms with Gasteiger partial charge in [-0.25, -0.2) is 0 Å². The molecule has 0 spiro atoms. The Morgan fingerprint density at radius 3 is 2.42 bits per heavy atom. The Kier molecular flexibility index (Phi) is 2.62. The molecule has 0 amide bonds. The van der Waals surface area contributed by atoms with Crippen molar-refractivity contribution in [1.82, 2.24) is 4.90 Å². The fourth-order valence-electron chi connectivity index (χ4n) is 2.15. The number of rotatable bonds is 1. The Balaban J connectivity index is 2.79. The highest BCUT2D eigenvalue weighted by molar-refractivity contribution is 5.16. The third-order valence-electron chi connectivity index (χ3n) is 3.08. The molecule has 1 aliphatic heterocycles. The van der Waals surface area contributed by atoms with Crippen molar-refractivity contribution in [2.75, 3.05) is 6.54 Å². The van der Waals surface area contributed by atoms with Gasteiger partial charge in [-0.2, -0.15) is 0 Å². The van der Waals surface area contributed by atoms with Gasteiger partial charge in [-0.3, -0.25) is 4.90 Å². The minimum absolute atomic E-state index is 0.215. The Hall–Kier alpha value is -0.300. The second-order valence-corrected chi connectivity index (χ2v) is 4.55. The first-order valence-corrected chi connectivity index (χ1v) is 4.91. The van der Waals surface area contributed by atoms with E-state index in [0.717, 1.165) is 0 Å². The van der Waals surface area contributed by atoms with Gasteiger partial charge in [0, 0.05) is 11.6 Å². The summed E-state index contributed by atoms with van der Waals surface area (Å²) in [4.78, 5) is 2.54. The van der Waals surface area contributed by atoms with Crippen LogP contribution >= 0.6 is 0 Å². The number of piperidine rings is 1. The summed E-state index contributed by atoms with van der Waals surface area (Å²) in [5, 5.41) is 0. The lowest BCUT2D eigenvalue weighted by atomic mass is 9.85. The fourth-order valence-corrected chi connectivity index (χ4v) is 2.15. The molecule has 0 N–H and O–H groups in total. The molecular weight excluding hydrogens is 146 g/mol. The summed E-state index contributed by atoms with van der Waals surface area (Å²) >= 11 is 0. The van der Waals surface area contributed by atoms with Gasteiger partial charge in [0.2, 0.25) is 0 Å². The van der Waals surface area contributed by atoms with Gasteiger partial charge in [0.1, 0.15) is 0 Å². The quantitative estimate of drug-likeness (QED) is 0.543. The highest BCUT2D eigenvalue weighted by Crippen LogP contribution is 2.32. The molecule has 1 rings (SSSR count). The summed E-state index contributed by atoms with van der Waals surface area (Å²) in [6.07, 6.45) is 2.48. The van der Waals surface area contributed by atoms with Crippen LogP contribution in [-0.4, -0.2) is 23.0 Å². The number of hydrogen-bond acceptors (Lipinski definition) is 1. The van der Waals surface area contributed by atoms with Gasteiger partial charge in [0.15, 0.2) is 0 Å². The molecule has 0 aromatic heterocycles. The Bertz CT molecular complexity index is 179. The van der Waals surface area contributed by atoms with Gasteiger partial charge < -0.3 is 0 Å². The van der Waals surface area contributed by atoms with Crippen LogP contribution in [0.5, 0.6) is 0 Å². The molecule has 1 heterocycles. The lowest BCUT2D eigenvalue weighted by Crippen LogP contribution is -2.51. The second-order valence-electron chi connectivity index (χ2n) is 4.55. The van der Waals surface area contributed by atoms with Crippen molar-refractivity contribution >= 4 is 0 Å². The first-order chi connectivity index (χ1) is 5.46. The molecule has 1 saturated heterocycles. The van der Waals surface area contributed by atoms with Gasteiger partial charge in [-0.1, -0.05) is 12.2 Å². The standard InChI is InChI=1S/C11H21N/c1-9(2)12-8-6-7-10(3)11(12,4)5/h9H,3,6-8H2,1-2,4-5H3. The van der Waals surface area contributed by atoms with Crippen molar-refractivity contribution in [3.63, 3.8) is 0 Å². The molecule has 0 atom stereocenters. The molecule has 0 aliphatic carbocycles. The van der Waals surface area contributed by atoms with Crippen molar-refractivity contribution in [2.45, 2.75) is 52.1 Å². The summed E-state index contributed by atoms with van der Waals surface area (Å²) in [6.45, 7) is 14.5. The van der Waals surface area contributed by atoms with Crippen molar-refractivity contribution < 1.29 is 0 Å². The highest BCUT2D eigenvalue weighted by atomic mass is 15.2. The van der Waals surface area contributed by atoms with Crippen LogP contribution in [0.3, 0.4) is 0 Å². The topological polar surface area (TPSA) is 3.24 Å². The average molecular weight is 167 g/mol. The maximum Gasteiger partial charge on any atom is 0.0364 e. The first kappa shape index (κ1) is 9.79. The van der Waals surface area contributed by atoms with Crippen molar-refractivity contribution in [3.8, 4) is 0 Å². The van der Waals surface area contributed by atoms with E-state index in [1.54, 1.807) is 0 Å². The van der Waals surface area contributed by atoms with Gasteiger partial charge in [-0.05, 0) is 47.1 Å². The smallest absolute Gasteiger partial charge is 0.0364 e. The van der Waals surface area contributed by atoms with E-state index in [-0.39, 0.29) is 5.54 Å². The number of hydrogen-bond donors (Lipinski definition) is 0. The van der Waals surface area contributed by atoms with E-state index in [1.165, 1.54) is 25.0 Å². The fraction of sp³-hybridized carbons (Fsp3) is 0.818. The minimum Gasteiger partial charge on any atom is -0.292 e. The first-order valence-electron chi connectivity index (χ1n) is 4.91. The van der Waals surface area contributed by atoms with Gasteiger partial charge in [0.25, 0.3) is 0 Å². The summed E-state index contributed by atoms with van der Waals surface area (Å²) in [6, 6.07) is 0.636. The minimum atomic E-state index is 0.215. The Morgan fingerprint density at radius 1 is 1.42 bits per heavy atom. The molecule has 0 unspecified atom stereocenters. The lowest BCUT2D eigenvalue weighted by molar-refractivity contribution is 0.0886. The van der Waals surface area contributed by atoms with E-state index < -0.39 is 0 Å². The van der Waals surface area contributed by atoms with Crippen molar-refractivity contribution in [3.05, 3.63) is 12.2 Å². The van der Waals surface area contributed by atoms with Crippen molar-refractivity contribution in [2.24, 2.45) is 0 Å². The molecule has 0 aromatic rings. The molecular formula is C11H21N. The molecule has 1 fully saturated rings. The Morgan fingerprint density at radius 2 is 2.00 bits per heavy atom. The molecule has 70 valence electrons. The zero-order valence-corrected chi connectivity index (χ0v) is 8.85. The maximum atomic E-state index is 4.16. The zero-order valence-electron chi connectivity index (χ0n) is 8.85. The summed E-state index contributed by atoms with van der Waals surface area (Å²) in [5.41, 5.74) is 1.61. The SMILES string of the molecule is C=C1CCCN(C(C)C)C1(C)C. The molecule has 0 radical (unpaired) electrons. The second kappa shape index (κ2) is 3.21. The molecule has 0 aromatic carbocycles. The monoisotopic (exact) mass is 167 g/mol. The number of nitrogens with zero attached hydrogens (tertiary/aromatic N) is 1. The Labute approximate surface area is 76.5 Å². The third-order valence-corrected chi connectivity index (χ3v) is 3.08. The molecule has 1 nitrogen and oxygen atoms in total. The largest absolute Gasteiger partial charge is 0.292 e. The molecule has 1 aliphatic rings. The van der Waals surface area contributed by atoms with E-state index in [9.17, 15) is 0 Å². The molecule has 12 heavy (non-hydrogen) atoms. The van der Waals surface area contributed by atoms with Crippen LogP contribution in [0.2, 0.25) is 0 Å². The normalized spacial score (nSPS) is 24.9.